The monoisotopic (exact) mass is 249 g/mol. The molecule has 0 spiro atoms. The van der Waals surface area contributed by atoms with E-state index in [-0.39, 0.29) is 0 Å². The van der Waals surface area contributed by atoms with Crippen molar-refractivity contribution in [3.05, 3.63) is 23.3 Å². The number of nitrogens with one attached hydrogen (secondary N) is 1. The Balaban J connectivity index is 1.68. The van der Waals surface area contributed by atoms with Crippen LogP contribution in [0.25, 0.3) is 5.00 Å². The summed E-state index contributed by atoms with van der Waals surface area (Å²) >= 11 is 1.62. The average Bonchev–Trinajstić information content (AvgIpc) is 3.00. The van der Waals surface area contributed by atoms with Crippen molar-refractivity contribution in [2.75, 3.05) is 6.54 Å². The van der Waals surface area contributed by atoms with Crippen molar-refractivity contribution in [3.63, 3.8) is 0 Å². The topological polar surface area (TPSA) is 55.6 Å². The van der Waals surface area contributed by atoms with Crippen molar-refractivity contribution >= 4 is 11.3 Å². The number of rotatable bonds is 3. The van der Waals surface area contributed by atoms with Gasteiger partial charge >= 0.3 is 0 Å². The van der Waals surface area contributed by atoms with Gasteiger partial charge in [0.15, 0.2) is 5.82 Å². The molecular weight excluding hydrogens is 234 g/mol. The van der Waals surface area contributed by atoms with Crippen LogP contribution in [0.4, 0.5) is 0 Å². The number of tetrazole rings is 1. The van der Waals surface area contributed by atoms with Crippen LogP contribution in [0.2, 0.25) is 0 Å². The van der Waals surface area contributed by atoms with Gasteiger partial charge in [-0.1, -0.05) is 6.42 Å². The maximum Gasteiger partial charge on any atom is 0.176 e. The van der Waals surface area contributed by atoms with Gasteiger partial charge in [-0.2, -0.15) is 0 Å². The van der Waals surface area contributed by atoms with E-state index in [1.165, 1.54) is 19.3 Å². The van der Waals surface area contributed by atoms with Gasteiger partial charge in [-0.25, -0.2) is 0 Å². The van der Waals surface area contributed by atoms with E-state index in [1.54, 1.807) is 16.1 Å². The molecule has 0 radical (unpaired) electrons. The molecule has 3 rings (SSSR count). The lowest BCUT2D eigenvalue weighted by Crippen LogP contribution is -2.35. The molecule has 0 amide bonds. The molecule has 1 aliphatic rings. The van der Waals surface area contributed by atoms with Gasteiger partial charge < -0.3 is 5.32 Å². The molecule has 0 aliphatic carbocycles. The van der Waals surface area contributed by atoms with Crippen LogP contribution in [0.3, 0.4) is 0 Å². The van der Waals surface area contributed by atoms with Crippen LogP contribution in [0.5, 0.6) is 0 Å². The quantitative estimate of drug-likeness (QED) is 0.893. The Labute approximate surface area is 104 Å². The Kier molecular flexibility index (Phi) is 3.15. The smallest absolute Gasteiger partial charge is 0.176 e. The zero-order valence-corrected chi connectivity index (χ0v) is 10.4. The Bertz CT molecular complexity index is 458. The van der Waals surface area contributed by atoms with Crippen molar-refractivity contribution in [1.82, 2.24) is 25.5 Å². The first kappa shape index (κ1) is 10.9. The molecule has 1 fully saturated rings. The molecule has 17 heavy (non-hydrogen) atoms. The molecule has 0 bridgehead atoms. The first-order chi connectivity index (χ1) is 8.42. The minimum atomic E-state index is 0.518. The predicted molar refractivity (Wildman–Crippen MR) is 66.4 cm³/mol. The zero-order chi connectivity index (χ0) is 11.5. The van der Waals surface area contributed by atoms with Gasteiger partial charge in [-0.3, -0.25) is 0 Å². The highest BCUT2D eigenvalue weighted by molar-refractivity contribution is 7.12. The molecule has 2 aromatic heterocycles. The van der Waals surface area contributed by atoms with Crippen molar-refractivity contribution in [2.45, 2.75) is 31.7 Å². The summed E-state index contributed by atoms with van der Waals surface area (Å²) in [6.45, 7) is 1.11. The van der Waals surface area contributed by atoms with Gasteiger partial charge in [0.1, 0.15) is 5.00 Å². The molecule has 1 saturated heterocycles. The van der Waals surface area contributed by atoms with Crippen LogP contribution in [0.15, 0.2) is 17.5 Å². The minimum Gasteiger partial charge on any atom is -0.314 e. The first-order valence-corrected chi connectivity index (χ1v) is 6.86. The van der Waals surface area contributed by atoms with Crippen LogP contribution < -0.4 is 5.32 Å². The van der Waals surface area contributed by atoms with Crippen LogP contribution in [0.1, 0.15) is 25.1 Å². The number of nitrogens with zero attached hydrogens (tertiary/aromatic N) is 4. The fourth-order valence-corrected chi connectivity index (χ4v) is 2.75. The van der Waals surface area contributed by atoms with E-state index in [0.717, 1.165) is 23.8 Å². The number of piperidine rings is 1. The van der Waals surface area contributed by atoms with E-state index >= 15 is 0 Å². The highest BCUT2D eigenvalue weighted by Crippen LogP contribution is 2.13. The van der Waals surface area contributed by atoms with Gasteiger partial charge in [-0.15, -0.1) is 26.3 Å². The molecule has 1 aliphatic heterocycles. The molecule has 90 valence electrons. The van der Waals surface area contributed by atoms with Crippen molar-refractivity contribution < 1.29 is 0 Å². The Morgan fingerprint density at radius 1 is 1.47 bits per heavy atom. The van der Waals surface area contributed by atoms with Gasteiger partial charge in [0.25, 0.3) is 0 Å². The zero-order valence-electron chi connectivity index (χ0n) is 9.54. The van der Waals surface area contributed by atoms with Gasteiger partial charge in [0, 0.05) is 12.5 Å². The lowest BCUT2D eigenvalue weighted by atomic mass is 10.0. The molecule has 0 aromatic carbocycles. The average molecular weight is 249 g/mol. The van der Waals surface area contributed by atoms with Crippen molar-refractivity contribution in [1.29, 1.82) is 0 Å². The fraction of sp³-hybridized carbons (Fsp3) is 0.545. The summed E-state index contributed by atoms with van der Waals surface area (Å²) in [7, 11) is 0. The third-order valence-electron chi connectivity index (χ3n) is 3.00. The molecule has 1 unspecified atom stereocenters. The van der Waals surface area contributed by atoms with E-state index < -0.39 is 0 Å². The van der Waals surface area contributed by atoms with Crippen LogP contribution in [-0.4, -0.2) is 32.8 Å². The summed E-state index contributed by atoms with van der Waals surface area (Å²) in [5, 5.41) is 19.1. The number of thiophene rings is 1. The Morgan fingerprint density at radius 2 is 2.47 bits per heavy atom. The lowest BCUT2D eigenvalue weighted by molar-refractivity contribution is 0.394. The number of aromatic nitrogens is 4. The van der Waals surface area contributed by atoms with E-state index in [2.05, 4.69) is 20.7 Å². The first-order valence-electron chi connectivity index (χ1n) is 5.98. The van der Waals surface area contributed by atoms with Crippen molar-refractivity contribution in [3.8, 4) is 5.00 Å². The third kappa shape index (κ3) is 2.53. The maximum absolute atomic E-state index is 4.41. The number of hydrogen-bond donors (Lipinski definition) is 1. The molecule has 5 nitrogen and oxygen atoms in total. The Hall–Kier alpha value is -1.27. The molecule has 0 saturated carbocycles. The van der Waals surface area contributed by atoms with Gasteiger partial charge in [0.05, 0.1) is 0 Å². The highest BCUT2D eigenvalue weighted by atomic mass is 32.1. The second kappa shape index (κ2) is 4.93. The summed E-state index contributed by atoms with van der Waals surface area (Å²) in [4.78, 5) is 1.61. The van der Waals surface area contributed by atoms with Gasteiger partial charge in [-0.05, 0) is 42.1 Å². The normalized spacial score (nSPS) is 20.6. The summed E-state index contributed by atoms with van der Waals surface area (Å²) in [6, 6.07) is 4.51. The van der Waals surface area contributed by atoms with Crippen molar-refractivity contribution in [2.24, 2.45) is 0 Å². The molecular formula is C11H15N5S. The number of hydrogen-bond acceptors (Lipinski definition) is 5. The third-order valence-corrected chi connectivity index (χ3v) is 3.83. The molecule has 1 atom stereocenters. The van der Waals surface area contributed by atoms with Crippen LogP contribution >= 0.6 is 11.3 Å². The summed E-state index contributed by atoms with van der Waals surface area (Å²) in [5.41, 5.74) is 0. The van der Waals surface area contributed by atoms with Crippen LogP contribution in [0, 0.1) is 0 Å². The molecule has 3 heterocycles. The van der Waals surface area contributed by atoms with E-state index in [4.69, 9.17) is 0 Å². The van der Waals surface area contributed by atoms with Gasteiger partial charge in [0.2, 0.25) is 0 Å². The lowest BCUT2D eigenvalue weighted by Gasteiger charge is -2.21. The molecule has 1 N–H and O–H groups in total. The largest absolute Gasteiger partial charge is 0.314 e. The standard InChI is InChI=1S/C11H15N5S/c1-2-6-12-9(4-1)8-10-13-15-16(14-10)11-5-3-7-17-11/h3,5,7,9,12H,1-2,4,6,8H2. The predicted octanol–water partition coefficient (Wildman–Crippen LogP) is 1.41. The van der Waals surface area contributed by atoms with E-state index in [9.17, 15) is 0 Å². The van der Waals surface area contributed by atoms with Crippen LogP contribution in [-0.2, 0) is 6.42 Å². The second-order valence-corrected chi connectivity index (χ2v) is 5.22. The molecule has 2 aromatic rings. The second-order valence-electron chi connectivity index (χ2n) is 4.30. The van der Waals surface area contributed by atoms with E-state index in [1.807, 2.05) is 17.5 Å². The van der Waals surface area contributed by atoms with E-state index in [0.29, 0.717) is 6.04 Å². The molecule has 6 heteroatoms. The highest BCUT2D eigenvalue weighted by Gasteiger charge is 2.16. The minimum absolute atomic E-state index is 0.518. The maximum atomic E-state index is 4.41. The fourth-order valence-electron chi connectivity index (χ4n) is 2.12. The SMILES string of the molecule is c1csc(-n2nnc(CC3CCCCN3)n2)c1. The summed E-state index contributed by atoms with van der Waals surface area (Å²) in [6.07, 6.45) is 4.68. The summed E-state index contributed by atoms with van der Waals surface area (Å²) in [5.74, 6) is 0.831. The summed E-state index contributed by atoms with van der Waals surface area (Å²) < 4.78 is 0. The Morgan fingerprint density at radius 3 is 3.24 bits per heavy atom.